The summed E-state index contributed by atoms with van der Waals surface area (Å²) < 4.78 is 0. The maximum absolute atomic E-state index is 11.2. The molecular weight excluding hydrogens is 276 g/mol. The third-order valence-electron chi connectivity index (χ3n) is 2.62. The summed E-state index contributed by atoms with van der Waals surface area (Å²) in [7, 11) is 0. The number of hydrogen-bond acceptors (Lipinski definition) is 3. The van der Waals surface area contributed by atoms with E-state index >= 15 is 0 Å². The lowest BCUT2D eigenvalue weighted by Gasteiger charge is -2.16. The molecule has 7 heteroatoms. The van der Waals surface area contributed by atoms with Crippen LogP contribution in [0.25, 0.3) is 0 Å². The molecule has 108 valence electrons. The monoisotopic (exact) mass is 294 g/mol. The van der Waals surface area contributed by atoms with Crippen LogP contribution in [0.15, 0.2) is 30.3 Å². The molecule has 0 saturated heterocycles. The van der Waals surface area contributed by atoms with Crippen LogP contribution in [0.1, 0.15) is 18.4 Å². The van der Waals surface area contributed by atoms with Gasteiger partial charge in [-0.05, 0) is 12.8 Å². The first-order valence-corrected chi connectivity index (χ1v) is 6.58. The van der Waals surface area contributed by atoms with Crippen LogP contribution in [0.4, 0.5) is 0 Å². The van der Waals surface area contributed by atoms with Gasteiger partial charge in [0.2, 0.25) is 0 Å². The third kappa shape index (κ3) is 5.66. The second-order valence-corrected chi connectivity index (χ2v) is 4.62. The minimum Gasteiger partial charge on any atom is -0.480 e. The number of guanidine groups is 1. The lowest BCUT2D eigenvalue weighted by molar-refractivity contribution is -0.139. The van der Waals surface area contributed by atoms with Crippen LogP contribution in [-0.2, 0) is 4.79 Å². The van der Waals surface area contributed by atoms with E-state index in [1.54, 1.807) is 0 Å². The predicted octanol–water partition coefficient (Wildman–Crippen LogP) is 0.668. The molecule has 0 spiro atoms. The number of hydrogen-bond donors (Lipinski definition) is 5. The molecular formula is C13H18N4O2S. The Morgan fingerprint density at radius 2 is 2.05 bits per heavy atom. The van der Waals surface area contributed by atoms with Crippen LogP contribution in [0.5, 0.6) is 0 Å². The zero-order valence-electron chi connectivity index (χ0n) is 10.9. The molecule has 1 unspecified atom stereocenters. The third-order valence-corrected chi connectivity index (χ3v) is 2.98. The summed E-state index contributed by atoms with van der Waals surface area (Å²) in [6.45, 7) is 0.457. The molecule has 1 aromatic rings. The number of carboxylic acid groups (broad SMARTS) is 1. The summed E-state index contributed by atoms with van der Waals surface area (Å²) in [5.41, 5.74) is 5.93. The highest BCUT2D eigenvalue weighted by atomic mass is 32.1. The number of carbonyl (C=O) groups is 1. The van der Waals surface area contributed by atoms with Gasteiger partial charge >= 0.3 is 5.97 Å². The second-order valence-electron chi connectivity index (χ2n) is 4.21. The molecule has 0 aliphatic heterocycles. The Kier molecular flexibility index (Phi) is 6.45. The van der Waals surface area contributed by atoms with Crippen LogP contribution in [-0.4, -0.2) is 34.6 Å². The van der Waals surface area contributed by atoms with Gasteiger partial charge in [-0.25, -0.2) is 4.79 Å². The number of rotatable bonds is 7. The van der Waals surface area contributed by atoms with E-state index in [-0.39, 0.29) is 5.96 Å². The van der Waals surface area contributed by atoms with Crippen molar-refractivity contribution in [1.82, 2.24) is 10.6 Å². The Morgan fingerprint density at radius 1 is 1.40 bits per heavy atom. The van der Waals surface area contributed by atoms with Gasteiger partial charge in [-0.15, -0.1) is 0 Å². The van der Waals surface area contributed by atoms with Gasteiger partial charge in [0.25, 0.3) is 0 Å². The molecule has 0 heterocycles. The van der Waals surface area contributed by atoms with Crippen molar-refractivity contribution in [3.05, 3.63) is 35.9 Å². The molecule has 1 atom stereocenters. The van der Waals surface area contributed by atoms with Crippen molar-refractivity contribution in [3.8, 4) is 0 Å². The summed E-state index contributed by atoms with van der Waals surface area (Å²) in [5, 5.41) is 21.6. The SMILES string of the molecule is N=C(N)NCCCC(NC(=S)c1ccccc1)C(=O)O. The van der Waals surface area contributed by atoms with E-state index < -0.39 is 12.0 Å². The highest BCUT2D eigenvalue weighted by molar-refractivity contribution is 7.80. The summed E-state index contributed by atoms with van der Waals surface area (Å²) in [6.07, 6.45) is 0.962. The van der Waals surface area contributed by atoms with Gasteiger partial charge in [0, 0.05) is 12.1 Å². The van der Waals surface area contributed by atoms with Crippen LogP contribution in [0.3, 0.4) is 0 Å². The first-order valence-electron chi connectivity index (χ1n) is 6.17. The lowest BCUT2D eigenvalue weighted by Crippen LogP contribution is -2.41. The fourth-order valence-electron chi connectivity index (χ4n) is 1.62. The van der Waals surface area contributed by atoms with Crippen molar-refractivity contribution in [3.63, 3.8) is 0 Å². The largest absolute Gasteiger partial charge is 0.480 e. The Hall–Kier alpha value is -2.15. The summed E-state index contributed by atoms with van der Waals surface area (Å²) in [4.78, 5) is 11.6. The van der Waals surface area contributed by atoms with E-state index in [4.69, 9.17) is 28.5 Å². The van der Waals surface area contributed by atoms with Crippen LogP contribution < -0.4 is 16.4 Å². The Labute approximate surface area is 122 Å². The Bertz CT molecular complexity index is 479. The molecule has 1 aromatic carbocycles. The molecule has 6 nitrogen and oxygen atoms in total. The highest BCUT2D eigenvalue weighted by Gasteiger charge is 2.18. The first kappa shape index (κ1) is 15.9. The van der Waals surface area contributed by atoms with E-state index in [0.717, 1.165) is 5.56 Å². The van der Waals surface area contributed by atoms with Crippen molar-refractivity contribution in [2.75, 3.05) is 6.54 Å². The van der Waals surface area contributed by atoms with E-state index in [9.17, 15) is 4.79 Å². The molecule has 0 aliphatic rings. The van der Waals surface area contributed by atoms with Crippen molar-refractivity contribution >= 4 is 29.1 Å². The number of nitrogens with one attached hydrogen (secondary N) is 3. The molecule has 0 amide bonds. The zero-order valence-corrected chi connectivity index (χ0v) is 11.7. The Balaban J connectivity index is 2.49. The number of nitrogens with two attached hydrogens (primary N) is 1. The van der Waals surface area contributed by atoms with Gasteiger partial charge in [-0.1, -0.05) is 42.5 Å². The van der Waals surface area contributed by atoms with Crippen molar-refractivity contribution in [2.24, 2.45) is 5.73 Å². The van der Waals surface area contributed by atoms with Gasteiger partial charge in [0.15, 0.2) is 5.96 Å². The average Bonchev–Trinajstić information content (AvgIpc) is 2.42. The van der Waals surface area contributed by atoms with Crippen molar-refractivity contribution in [2.45, 2.75) is 18.9 Å². The molecule has 0 aromatic heterocycles. The van der Waals surface area contributed by atoms with E-state index in [1.807, 2.05) is 30.3 Å². The van der Waals surface area contributed by atoms with Crippen LogP contribution in [0, 0.1) is 5.41 Å². The standard InChI is InChI=1S/C13H18N4O2S/c14-13(15)16-8-4-7-10(12(18)19)17-11(20)9-5-2-1-3-6-9/h1-3,5-6,10H,4,7-8H2,(H,17,20)(H,18,19)(H4,14,15,16). The van der Waals surface area contributed by atoms with Crippen molar-refractivity contribution < 1.29 is 9.90 Å². The summed E-state index contributed by atoms with van der Waals surface area (Å²) >= 11 is 5.19. The van der Waals surface area contributed by atoms with Crippen molar-refractivity contribution in [1.29, 1.82) is 5.41 Å². The summed E-state index contributed by atoms with van der Waals surface area (Å²) in [6, 6.07) is 8.45. The Morgan fingerprint density at radius 3 is 2.60 bits per heavy atom. The second kappa shape index (κ2) is 8.11. The lowest BCUT2D eigenvalue weighted by atomic mass is 10.1. The molecule has 0 saturated carbocycles. The average molecular weight is 294 g/mol. The van der Waals surface area contributed by atoms with E-state index in [2.05, 4.69) is 10.6 Å². The van der Waals surface area contributed by atoms with Gasteiger partial charge in [-0.3, -0.25) is 5.41 Å². The predicted molar refractivity (Wildman–Crippen MR) is 81.9 cm³/mol. The van der Waals surface area contributed by atoms with Crippen LogP contribution in [0.2, 0.25) is 0 Å². The van der Waals surface area contributed by atoms with Gasteiger partial charge < -0.3 is 21.5 Å². The fraction of sp³-hybridized carbons (Fsp3) is 0.308. The quantitative estimate of drug-likeness (QED) is 0.219. The number of thiocarbonyl (C=S) groups is 1. The van der Waals surface area contributed by atoms with E-state index in [1.165, 1.54) is 0 Å². The first-order chi connectivity index (χ1) is 9.50. The smallest absolute Gasteiger partial charge is 0.326 e. The van der Waals surface area contributed by atoms with Crippen LogP contribution >= 0.6 is 12.2 Å². The topological polar surface area (TPSA) is 111 Å². The van der Waals surface area contributed by atoms with Gasteiger partial charge in [0.05, 0.1) is 0 Å². The normalized spacial score (nSPS) is 11.4. The molecule has 20 heavy (non-hydrogen) atoms. The molecule has 0 aliphatic carbocycles. The molecule has 0 bridgehead atoms. The maximum atomic E-state index is 11.2. The fourth-order valence-corrected chi connectivity index (χ4v) is 1.90. The minimum absolute atomic E-state index is 0.121. The molecule has 0 radical (unpaired) electrons. The molecule has 1 rings (SSSR count). The van der Waals surface area contributed by atoms with Gasteiger partial charge in [-0.2, -0.15) is 0 Å². The van der Waals surface area contributed by atoms with Gasteiger partial charge in [0.1, 0.15) is 11.0 Å². The number of aliphatic carboxylic acids is 1. The number of carboxylic acids is 1. The van der Waals surface area contributed by atoms with E-state index in [0.29, 0.717) is 24.4 Å². The highest BCUT2D eigenvalue weighted by Crippen LogP contribution is 2.03. The molecule has 6 N–H and O–H groups in total. The number of benzene rings is 1. The maximum Gasteiger partial charge on any atom is 0.326 e. The minimum atomic E-state index is -0.953. The summed E-state index contributed by atoms with van der Waals surface area (Å²) in [5.74, 6) is -1.07. The molecule has 0 fully saturated rings. The zero-order chi connectivity index (χ0) is 15.0.